The van der Waals surface area contributed by atoms with Gasteiger partial charge >= 0.3 is 0 Å². The lowest BCUT2D eigenvalue weighted by atomic mass is 10.3. The molecule has 2 rings (SSSR count). The fourth-order valence-electron chi connectivity index (χ4n) is 1.98. The fraction of sp³-hybridized carbons (Fsp3) is 0.750. The number of nitrogens with zero attached hydrogens (tertiary/aromatic N) is 2. The first kappa shape index (κ1) is 11.9. The van der Waals surface area contributed by atoms with Gasteiger partial charge in [-0.15, -0.1) is 11.6 Å². The Hall–Kier alpha value is -0.540. The van der Waals surface area contributed by atoms with Gasteiger partial charge in [-0.2, -0.15) is 5.10 Å². The molecule has 0 bridgehead atoms. The van der Waals surface area contributed by atoms with Crippen LogP contribution < -0.4 is 5.32 Å². The van der Waals surface area contributed by atoms with Gasteiger partial charge in [-0.25, -0.2) is 0 Å². The van der Waals surface area contributed by atoms with Gasteiger partial charge in [0, 0.05) is 25.0 Å². The first-order chi connectivity index (χ1) is 7.70. The van der Waals surface area contributed by atoms with E-state index >= 15 is 0 Å². The molecule has 4 heteroatoms. The minimum Gasteiger partial charge on any atom is -0.310 e. The monoisotopic (exact) mass is 241 g/mol. The highest BCUT2D eigenvalue weighted by molar-refractivity contribution is 6.21. The third kappa shape index (κ3) is 2.98. The van der Waals surface area contributed by atoms with Crippen molar-refractivity contribution in [3.8, 4) is 0 Å². The molecule has 0 spiro atoms. The summed E-state index contributed by atoms with van der Waals surface area (Å²) in [4.78, 5) is 0. The van der Waals surface area contributed by atoms with Crippen LogP contribution in [0.15, 0.2) is 6.07 Å². The number of hydrogen-bond acceptors (Lipinski definition) is 2. The van der Waals surface area contributed by atoms with Crippen LogP contribution in [0.1, 0.15) is 31.2 Å². The average molecular weight is 242 g/mol. The number of hydrogen-bond donors (Lipinski definition) is 1. The summed E-state index contributed by atoms with van der Waals surface area (Å²) in [5.74, 6) is 0.756. The predicted molar refractivity (Wildman–Crippen MR) is 66.7 cm³/mol. The summed E-state index contributed by atoms with van der Waals surface area (Å²) in [5, 5.41) is 8.14. The SMILES string of the molecule is CCn1nc(C)cc1CNCC(Cl)C1CC1. The summed E-state index contributed by atoms with van der Waals surface area (Å²) in [7, 11) is 0. The Morgan fingerprint density at radius 1 is 1.62 bits per heavy atom. The first-order valence-electron chi connectivity index (χ1n) is 6.08. The molecule has 1 aromatic rings. The molecule has 1 fully saturated rings. The number of aryl methyl sites for hydroxylation is 2. The third-order valence-electron chi connectivity index (χ3n) is 3.06. The van der Waals surface area contributed by atoms with E-state index in [1.54, 1.807) is 0 Å². The van der Waals surface area contributed by atoms with E-state index < -0.39 is 0 Å². The fourth-order valence-corrected chi connectivity index (χ4v) is 2.34. The molecule has 3 nitrogen and oxygen atoms in total. The van der Waals surface area contributed by atoms with Crippen LogP contribution in [0, 0.1) is 12.8 Å². The smallest absolute Gasteiger partial charge is 0.0597 e. The first-order valence-corrected chi connectivity index (χ1v) is 6.52. The lowest BCUT2D eigenvalue weighted by Gasteiger charge is -2.10. The van der Waals surface area contributed by atoms with E-state index in [-0.39, 0.29) is 0 Å². The molecule has 0 aromatic carbocycles. The van der Waals surface area contributed by atoms with Gasteiger partial charge in [0.15, 0.2) is 0 Å². The largest absolute Gasteiger partial charge is 0.310 e. The van der Waals surface area contributed by atoms with E-state index in [1.165, 1.54) is 18.5 Å². The molecule has 1 atom stereocenters. The van der Waals surface area contributed by atoms with Crippen molar-refractivity contribution in [1.82, 2.24) is 15.1 Å². The van der Waals surface area contributed by atoms with Crippen LogP contribution in [0.4, 0.5) is 0 Å². The topological polar surface area (TPSA) is 29.9 Å². The number of aromatic nitrogens is 2. The van der Waals surface area contributed by atoms with Crippen molar-refractivity contribution in [1.29, 1.82) is 0 Å². The quantitative estimate of drug-likeness (QED) is 0.775. The van der Waals surface area contributed by atoms with E-state index in [9.17, 15) is 0 Å². The standard InChI is InChI=1S/C12H20ClN3/c1-3-16-11(6-9(2)15-16)7-14-8-12(13)10-4-5-10/h6,10,12,14H,3-5,7-8H2,1-2H3. The van der Waals surface area contributed by atoms with Crippen molar-refractivity contribution in [2.75, 3.05) is 6.54 Å². The molecule has 16 heavy (non-hydrogen) atoms. The summed E-state index contributed by atoms with van der Waals surface area (Å²) in [6.07, 6.45) is 2.61. The Morgan fingerprint density at radius 2 is 2.38 bits per heavy atom. The number of nitrogens with one attached hydrogen (secondary N) is 1. The van der Waals surface area contributed by atoms with Gasteiger partial charge in [0.2, 0.25) is 0 Å². The molecule has 1 aromatic heterocycles. The van der Waals surface area contributed by atoms with Gasteiger partial charge in [0.05, 0.1) is 11.4 Å². The minimum atomic E-state index is 0.305. The Kier molecular flexibility index (Phi) is 3.87. The zero-order valence-electron chi connectivity index (χ0n) is 10.0. The van der Waals surface area contributed by atoms with Crippen molar-refractivity contribution in [3.63, 3.8) is 0 Å². The summed E-state index contributed by atoms with van der Waals surface area (Å²) >= 11 is 6.24. The van der Waals surface area contributed by atoms with Gasteiger partial charge in [-0.1, -0.05) is 0 Å². The molecule has 1 aliphatic carbocycles. The van der Waals surface area contributed by atoms with Gasteiger partial charge in [-0.3, -0.25) is 4.68 Å². The molecule has 0 aliphatic heterocycles. The highest BCUT2D eigenvalue weighted by Crippen LogP contribution is 2.35. The normalized spacial score (nSPS) is 17.7. The van der Waals surface area contributed by atoms with Crippen molar-refractivity contribution < 1.29 is 0 Å². The van der Waals surface area contributed by atoms with Crippen LogP contribution in [0.2, 0.25) is 0 Å². The second kappa shape index (κ2) is 5.19. The van der Waals surface area contributed by atoms with Crippen molar-refractivity contribution in [3.05, 3.63) is 17.5 Å². The van der Waals surface area contributed by atoms with E-state index in [0.29, 0.717) is 5.38 Å². The van der Waals surface area contributed by atoms with Gasteiger partial charge in [-0.05, 0) is 38.7 Å². The molecular formula is C12H20ClN3. The average Bonchev–Trinajstić information content (AvgIpc) is 3.03. The number of rotatable bonds is 6. The lowest BCUT2D eigenvalue weighted by molar-refractivity contribution is 0.563. The Morgan fingerprint density at radius 3 is 3.00 bits per heavy atom. The lowest BCUT2D eigenvalue weighted by Crippen LogP contribution is -2.25. The molecule has 1 saturated carbocycles. The van der Waals surface area contributed by atoms with Crippen LogP contribution in [0.25, 0.3) is 0 Å². The van der Waals surface area contributed by atoms with Crippen molar-refractivity contribution >= 4 is 11.6 Å². The number of halogens is 1. The van der Waals surface area contributed by atoms with E-state index in [2.05, 4.69) is 23.4 Å². The van der Waals surface area contributed by atoms with Crippen molar-refractivity contribution in [2.24, 2.45) is 5.92 Å². The molecule has 1 aliphatic rings. The minimum absolute atomic E-state index is 0.305. The van der Waals surface area contributed by atoms with Crippen LogP contribution in [0.3, 0.4) is 0 Å². The van der Waals surface area contributed by atoms with Gasteiger partial charge in [0.25, 0.3) is 0 Å². The molecule has 1 heterocycles. The second-order valence-electron chi connectivity index (χ2n) is 4.58. The van der Waals surface area contributed by atoms with Crippen molar-refractivity contribution in [2.45, 2.75) is 45.2 Å². The molecule has 90 valence electrons. The van der Waals surface area contributed by atoms with Gasteiger partial charge < -0.3 is 5.32 Å². The molecule has 1 N–H and O–H groups in total. The van der Waals surface area contributed by atoms with Gasteiger partial charge in [0.1, 0.15) is 0 Å². The molecule has 1 unspecified atom stereocenters. The zero-order valence-corrected chi connectivity index (χ0v) is 10.8. The van der Waals surface area contributed by atoms with E-state index in [4.69, 9.17) is 11.6 Å². The van der Waals surface area contributed by atoms with Crippen LogP contribution in [-0.4, -0.2) is 21.7 Å². The summed E-state index contributed by atoms with van der Waals surface area (Å²) in [5.41, 5.74) is 2.34. The molecule has 0 saturated heterocycles. The zero-order chi connectivity index (χ0) is 11.5. The summed E-state index contributed by atoms with van der Waals surface area (Å²) in [6.45, 7) is 6.84. The predicted octanol–water partition coefficient (Wildman–Crippen LogP) is 2.32. The van der Waals surface area contributed by atoms with Crippen LogP contribution in [-0.2, 0) is 13.1 Å². The maximum absolute atomic E-state index is 6.24. The van der Waals surface area contributed by atoms with Crippen LogP contribution in [0.5, 0.6) is 0 Å². The molecule has 0 amide bonds. The highest BCUT2D eigenvalue weighted by atomic mass is 35.5. The van der Waals surface area contributed by atoms with Crippen LogP contribution >= 0.6 is 11.6 Å². The Balaban J connectivity index is 1.79. The Labute approximate surface area is 102 Å². The number of alkyl halides is 1. The maximum atomic E-state index is 6.24. The Bertz CT molecular complexity index is 344. The molecule has 0 radical (unpaired) electrons. The molecular weight excluding hydrogens is 222 g/mol. The third-order valence-corrected chi connectivity index (χ3v) is 3.57. The maximum Gasteiger partial charge on any atom is 0.0597 e. The van der Waals surface area contributed by atoms with E-state index in [1.807, 2.05) is 11.6 Å². The summed E-state index contributed by atoms with van der Waals surface area (Å²) in [6, 6.07) is 2.14. The highest BCUT2D eigenvalue weighted by Gasteiger charge is 2.29. The summed E-state index contributed by atoms with van der Waals surface area (Å²) < 4.78 is 2.04. The second-order valence-corrected chi connectivity index (χ2v) is 5.14. The van der Waals surface area contributed by atoms with E-state index in [0.717, 1.165) is 31.2 Å².